The van der Waals surface area contributed by atoms with Crippen LogP contribution in [0.25, 0.3) is 0 Å². The SMILES string of the molecule is CCOC(COPCCC#N)(OC)N(C(C)C)C(C)C. The molecule has 0 rings (SSSR count). The Hall–Kier alpha value is -0.240. The highest BCUT2D eigenvalue weighted by molar-refractivity contribution is 7.32. The second-order valence-corrected chi connectivity index (χ2v) is 6.11. The highest BCUT2D eigenvalue weighted by Gasteiger charge is 2.41. The first kappa shape index (κ1) is 19.8. The molecule has 0 aromatic rings. The van der Waals surface area contributed by atoms with Crippen LogP contribution in [0.3, 0.4) is 0 Å². The first-order chi connectivity index (χ1) is 9.45. The summed E-state index contributed by atoms with van der Waals surface area (Å²) >= 11 is 0. The van der Waals surface area contributed by atoms with Gasteiger partial charge in [0.25, 0.3) is 5.91 Å². The molecule has 0 heterocycles. The lowest BCUT2D eigenvalue weighted by Gasteiger charge is -2.46. The molecule has 0 aromatic carbocycles. The van der Waals surface area contributed by atoms with Crippen molar-refractivity contribution < 1.29 is 14.0 Å². The number of hydrogen-bond acceptors (Lipinski definition) is 5. The number of rotatable bonds is 11. The second-order valence-electron chi connectivity index (χ2n) is 5.04. The van der Waals surface area contributed by atoms with Gasteiger partial charge in [-0.1, -0.05) is 0 Å². The molecule has 2 atom stereocenters. The van der Waals surface area contributed by atoms with Gasteiger partial charge in [-0.3, -0.25) is 0 Å². The first-order valence-electron chi connectivity index (χ1n) is 7.14. The van der Waals surface area contributed by atoms with Gasteiger partial charge in [0.2, 0.25) is 0 Å². The maximum Gasteiger partial charge on any atom is 0.255 e. The molecular formula is C14H29N2O3P. The summed E-state index contributed by atoms with van der Waals surface area (Å²) in [5.41, 5.74) is 0. The van der Waals surface area contributed by atoms with E-state index in [0.717, 1.165) is 6.16 Å². The second kappa shape index (κ2) is 10.5. The monoisotopic (exact) mass is 304 g/mol. The Morgan fingerprint density at radius 1 is 1.25 bits per heavy atom. The normalized spacial score (nSPS) is 15.4. The Labute approximate surface area is 125 Å². The van der Waals surface area contributed by atoms with Crippen molar-refractivity contribution in [1.82, 2.24) is 4.90 Å². The van der Waals surface area contributed by atoms with E-state index in [9.17, 15) is 0 Å². The van der Waals surface area contributed by atoms with Gasteiger partial charge in [0, 0.05) is 47.2 Å². The molecule has 118 valence electrons. The third kappa shape index (κ3) is 6.03. The van der Waals surface area contributed by atoms with Gasteiger partial charge < -0.3 is 14.0 Å². The summed E-state index contributed by atoms with van der Waals surface area (Å²) in [7, 11) is 1.94. The van der Waals surface area contributed by atoms with Crippen molar-refractivity contribution >= 4 is 8.81 Å². The van der Waals surface area contributed by atoms with Gasteiger partial charge in [0.15, 0.2) is 0 Å². The molecule has 0 aliphatic rings. The van der Waals surface area contributed by atoms with Gasteiger partial charge in [-0.15, -0.1) is 0 Å². The molecule has 0 aliphatic carbocycles. The fraction of sp³-hybridized carbons (Fsp3) is 0.929. The third-order valence-corrected chi connectivity index (χ3v) is 3.69. The quantitative estimate of drug-likeness (QED) is 0.334. The van der Waals surface area contributed by atoms with Crippen molar-refractivity contribution in [2.75, 3.05) is 26.5 Å². The van der Waals surface area contributed by atoms with Gasteiger partial charge in [0.1, 0.15) is 6.61 Å². The van der Waals surface area contributed by atoms with Crippen LogP contribution in [0.5, 0.6) is 0 Å². The lowest BCUT2D eigenvalue weighted by Crippen LogP contribution is -2.60. The van der Waals surface area contributed by atoms with E-state index in [1.807, 2.05) is 6.92 Å². The van der Waals surface area contributed by atoms with E-state index in [-0.39, 0.29) is 12.1 Å². The van der Waals surface area contributed by atoms with Crippen molar-refractivity contribution in [3.8, 4) is 6.07 Å². The maximum atomic E-state index is 8.53. The predicted octanol–water partition coefficient (Wildman–Crippen LogP) is 2.97. The zero-order valence-electron chi connectivity index (χ0n) is 13.6. The molecule has 0 radical (unpaired) electrons. The molecule has 6 heteroatoms. The fourth-order valence-corrected chi connectivity index (χ4v) is 2.99. The Bertz CT molecular complexity index is 287. The van der Waals surface area contributed by atoms with Crippen molar-refractivity contribution in [3.05, 3.63) is 0 Å². The molecule has 0 N–H and O–H groups in total. The summed E-state index contributed by atoms with van der Waals surface area (Å²) in [6, 6.07) is 2.66. The summed E-state index contributed by atoms with van der Waals surface area (Å²) in [4.78, 5) is 2.17. The van der Waals surface area contributed by atoms with E-state index < -0.39 is 5.91 Å². The molecule has 20 heavy (non-hydrogen) atoms. The summed E-state index contributed by atoms with van der Waals surface area (Å²) < 4.78 is 17.3. The minimum atomic E-state index is -0.864. The average Bonchev–Trinajstić information content (AvgIpc) is 2.37. The van der Waals surface area contributed by atoms with Crippen LogP contribution >= 0.6 is 8.81 Å². The van der Waals surface area contributed by atoms with Crippen LogP contribution in [0, 0.1) is 11.3 Å². The van der Waals surface area contributed by atoms with Crippen molar-refractivity contribution in [2.24, 2.45) is 0 Å². The summed E-state index contributed by atoms with van der Waals surface area (Å²) in [6.45, 7) is 11.3. The van der Waals surface area contributed by atoms with Crippen LogP contribution in [0.1, 0.15) is 41.0 Å². The van der Waals surface area contributed by atoms with Crippen molar-refractivity contribution in [3.63, 3.8) is 0 Å². The Morgan fingerprint density at radius 3 is 2.25 bits per heavy atom. The van der Waals surface area contributed by atoms with Crippen LogP contribution in [0.2, 0.25) is 0 Å². The largest absolute Gasteiger partial charge is 0.355 e. The smallest absolute Gasteiger partial charge is 0.255 e. The molecule has 0 aliphatic heterocycles. The molecule has 0 fully saturated rings. The van der Waals surface area contributed by atoms with E-state index in [1.54, 1.807) is 7.11 Å². The van der Waals surface area contributed by atoms with E-state index in [0.29, 0.717) is 28.4 Å². The van der Waals surface area contributed by atoms with Crippen LogP contribution in [-0.4, -0.2) is 49.4 Å². The topological polar surface area (TPSA) is 54.7 Å². The van der Waals surface area contributed by atoms with Gasteiger partial charge in [-0.05, 0) is 34.6 Å². The van der Waals surface area contributed by atoms with Gasteiger partial charge >= 0.3 is 0 Å². The standard InChI is InChI=1S/C14H29N2O3P/c1-7-18-14(17-6,11-19-20-10-8-9-15)16(12(2)3)13(4)5/h12-13,20H,7-8,10-11H2,1-6H3. The fourth-order valence-electron chi connectivity index (χ4n) is 2.34. The number of ether oxygens (including phenoxy) is 2. The van der Waals surface area contributed by atoms with Crippen molar-refractivity contribution in [2.45, 2.75) is 59.0 Å². The van der Waals surface area contributed by atoms with E-state index in [2.05, 4.69) is 38.7 Å². The van der Waals surface area contributed by atoms with E-state index >= 15 is 0 Å². The molecule has 0 saturated heterocycles. The van der Waals surface area contributed by atoms with Crippen molar-refractivity contribution in [1.29, 1.82) is 5.26 Å². The van der Waals surface area contributed by atoms with Crippen LogP contribution in [0.4, 0.5) is 0 Å². The highest BCUT2D eigenvalue weighted by atomic mass is 31.1. The Morgan fingerprint density at radius 2 is 1.85 bits per heavy atom. The summed E-state index contributed by atoms with van der Waals surface area (Å²) in [6.07, 6.45) is 1.27. The number of methoxy groups -OCH3 is 1. The third-order valence-electron chi connectivity index (χ3n) is 2.89. The molecule has 0 bridgehead atoms. The zero-order valence-corrected chi connectivity index (χ0v) is 14.6. The maximum absolute atomic E-state index is 8.53. The Kier molecular flexibility index (Phi) is 10.4. The van der Waals surface area contributed by atoms with Gasteiger partial charge in [-0.2, -0.15) is 5.26 Å². The molecule has 0 saturated carbocycles. The molecule has 0 aromatic heterocycles. The molecule has 0 amide bonds. The minimum Gasteiger partial charge on any atom is -0.355 e. The van der Waals surface area contributed by atoms with Gasteiger partial charge in [0.05, 0.1) is 6.07 Å². The van der Waals surface area contributed by atoms with E-state index in [4.69, 9.17) is 19.3 Å². The first-order valence-corrected chi connectivity index (χ1v) is 8.25. The lowest BCUT2D eigenvalue weighted by atomic mass is 10.2. The van der Waals surface area contributed by atoms with E-state index in [1.165, 1.54) is 0 Å². The summed E-state index contributed by atoms with van der Waals surface area (Å²) in [5.74, 6) is -0.864. The molecule has 2 unspecified atom stereocenters. The van der Waals surface area contributed by atoms with Crippen LogP contribution in [0.15, 0.2) is 0 Å². The van der Waals surface area contributed by atoms with Crippen LogP contribution in [-0.2, 0) is 14.0 Å². The lowest BCUT2D eigenvalue weighted by molar-refractivity contribution is -0.329. The number of hydrogen-bond donors (Lipinski definition) is 0. The van der Waals surface area contributed by atoms with Gasteiger partial charge in [-0.25, -0.2) is 4.90 Å². The molecule has 5 nitrogen and oxygen atoms in total. The minimum absolute atomic E-state index is 0.271. The zero-order chi connectivity index (χ0) is 15.6. The number of nitriles is 1. The summed E-state index contributed by atoms with van der Waals surface area (Å²) in [5, 5.41) is 8.53. The Balaban J connectivity index is 4.83. The molecular weight excluding hydrogens is 275 g/mol. The highest BCUT2D eigenvalue weighted by Crippen LogP contribution is 2.28. The average molecular weight is 304 g/mol. The predicted molar refractivity (Wildman–Crippen MR) is 82.8 cm³/mol. The van der Waals surface area contributed by atoms with Crippen LogP contribution < -0.4 is 0 Å². The number of nitrogens with zero attached hydrogens (tertiary/aromatic N) is 2. The molecule has 0 spiro atoms.